The van der Waals surface area contributed by atoms with Crippen LogP contribution >= 0.6 is 12.4 Å². The van der Waals surface area contributed by atoms with Gasteiger partial charge in [0.25, 0.3) is 5.91 Å². The van der Waals surface area contributed by atoms with Crippen LogP contribution in [-0.2, 0) is 9.59 Å². The average molecular weight is 390 g/mol. The summed E-state index contributed by atoms with van der Waals surface area (Å²) in [6, 6.07) is 16.3. The van der Waals surface area contributed by atoms with Crippen molar-refractivity contribution in [1.29, 1.82) is 0 Å². The molecule has 1 heterocycles. The van der Waals surface area contributed by atoms with Crippen LogP contribution in [0.4, 0.5) is 11.4 Å². The molecule has 27 heavy (non-hydrogen) atoms. The van der Waals surface area contributed by atoms with Gasteiger partial charge in [-0.05, 0) is 43.3 Å². The normalized spacial score (nSPS) is 14.3. The molecule has 2 amide bonds. The number of hydrogen-bond acceptors (Lipinski definition) is 4. The van der Waals surface area contributed by atoms with Gasteiger partial charge in [-0.15, -0.1) is 12.4 Å². The van der Waals surface area contributed by atoms with Gasteiger partial charge in [0.2, 0.25) is 5.91 Å². The molecule has 0 aliphatic carbocycles. The Morgan fingerprint density at radius 1 is 1.07 bits per heavy atom. The molecular formula is C20H24ClN3O3. The van der Waals surface area contributed by atoms with E-state index < -0.39 is 0 Å². The third-order valence-corrected chi connectivity index (χ3v) is 4.46. The zero-order valence-corrected chi connectivity index (χ0v) is 15.9. The van der Waals surface area contributed by atoms with E-state index in [0.717, 1.165) is 18.8 Å². The summed E-state index contributed by atoms with van der Waals surface area (Å²) in [4.78, 5) is 24.2. The van der Waals surface area contributed by atoms with Crippen molar-refractivity contribution in [3.05, 3.63) is 54.6 Å². The van der Waals surface area contributed by atoms with E-state index in [4.69, 9.17) is 4.74 Å². The molecule has 1 fully saturated rings. The predicted octanol–water partition coefficient (Wildman–Crippen LogP) is 2.92. The maximum Gasteiger partial charge on any atom is 0.262 e. The van der Waals surface area contributed by atoms with E-state index in [1.165, 1.54) is 0 Å². The molecule has 1 aliphatic heterocycles. The number of carbonyl (C=O) groups excluding carboxylic acids is 2. The van der Waals surface area contributed by atoms with Gasteiger partial charge in [-0.3, -0.25) is 9.59 Å². The maximum atomic E-state index is 12.3. The lowest BCUT2D eigenvalue weighted by Gasteiger charge is -2.31. The Morgan fingerprint density at radius 3 is 2.44 bits per heavy atom. The monoisotopic (exact) mass is 389 g/mol. The fourth-order valence-corrected chi connectivity index (χ4v) is 2.67. The molecule has 6 nitrogen and oxygen atoms in total. The van der Waals surface area contributed by atoms with Gasteiger partial charge in [-0.2, -0.15) is 0 Å². The number of carbonyl (C=O) groups is 2. The van der Waals surface area contributed by atoms with E-state index in [2.05, 4.69) is 16.0 Å². The van der Waals surface area contributed by atoms with E-state index in [0.29, 0.717) is 17.4 Å². The van der Waals surface area contributed by atoms with Gasteiger partial charge >= 0.3 is 0 Å². The molecule has 0 spiro atoms. The van der Waals surface area contributed by atoms with Crippen molar-refractivity contribution in [2.45, 2.75) is 6.92 Å². The van der Waals surface area contributed by atoms with Crippen LogP contribution in [0, 0.1) is 11.8 Å². The van der Waals surface area contributed by atoms with E-state index in [1.54, 1.807) is 24.3 Å². The molecule has 0 aromatic heterocycles. The molecule has 0 radical (unpaired) electrons. The van der Waals surface area contributed by atoms with Crippen molar-refractivity contribution >= 4 is 35.6 Å². The summed E-state index contributed by atoms with van der Waals surface area (Å²) in [5.74, 6) is 0.629. The van der Waals surface area contributed by atoms with Gasteiger partial charge < -0.3 is 20.7 Å². The smallest absolute Gasteiger partial charge is 0.262 e. The van der Waals surface area contributed by atoms with E-state index in [-0.39, 0.29) is 36.7 Å². The number of anilines is 2. The molecular weight excluding hydrogens is 366 g/mol. The van der Waals surface area contributed by atoms with Crippen LogP contribution < -0.4 is 20.7 Å². The van der Waals surface area contributed by atoms with Gasteiger partial charge in [-0.1, -0.05) is 31.2 Å². The summed E-state index contributed by atoms with van der Waals surface area (Å²) >= 11 is 0. The molecule has 2 aromatic rings. The second-order valence-corrected chi connectivity index (χ2v) is 6.43. The molecule has 1 atom stereocenters. The summed E-state index contributed by atoms with van der Waals surface area (Å²) < 4.78 is 5.53. The number of halogens is 1. The molecule has 1 aliphatic rings. The first-order valence-electron chi connectivity index (χ1n) is 8.71. The van der Waals surface area contributed by atoms with Gasteiger partial charge in [-0.25, -0.2) is 0 Å². The summed E-state index contributed by atoms with van der Waals surface area (Å²) in [7, 11) is 0. The van der Waals surface area contributed by atoms with Crippen LogP contribution in [0.5, 0.6) is 5.75 Å². The Morgan fingerprint density at radius 2 is 1.78 bits per heavy atom. The van der Waals surface area contributed by atoms with Crippen LogP contribution in [0.1, 0.15) is 6.92 Å². The SMILES string of the molecule is CC(C(=O)Nc1cccc(OCC(=O)Nc2ccccc2)c1)C1CNC1.Cl. The number of hydrogen-bond donors (Lipinski definition) is 3. The minimum absolute atomic E-state index is 0. The van der Waals surface area contributed by atoms with Gasteiger partial charge in [0, 0.05) is 23.4 Å². The molecule has 7 heteroatoms. The number of benzene rings is 2. The first-order chi connectivity index (χ1) is 12.6. The van der Waals surface area contributed by atoms with Crippen LogP contribution in [0.3, 0.4) is 0 Å². The number of nitrogens with one attached hydrogen (secondary N) is 3. The van der Waals surface area contributed by atoms with Crippen molar-refractivity contribution in [3.8, 4) is 5.75 Å². The molecule has 1 saturated heterocycles. The summed E-state index contributed by atoms with van der Waals surface area (Å²) in [6.45, 7) is 3.61. The minimum atomic E-state index is -0.239. The third-order valence-electron chi connectivity index (χ3n) is 4.46. The topological polar surface area (TPSA) is 79.5 Å². The minimum Gasteiger partial charge on any atom is -0.484 e. The third kappa shape index (κ3) is 5.98. The molecule has 2 aromatic carbocycles. The van der Waals surface area contributed by atoms with Crippen molar-refractivity contribution in [2.75, 3.05) is 30.3 Å². The summed E-state index contributed by atoms with van der Waals surface area (Å²) in [5.41, 5.74) is 1.39. The quantitative estimate of drug-likeness (QED) is 0.680. The molecule has 0 bridgehead atoms. The van der Waals surface area contributed by atoms with Crippen molar-refractivity contribution < 1.29 is 14.3 Å². The highest BCUT2D eigenvalue weighted by atomic mass is 35.5. The van der Waals surface area contributed by atoms with Crippen LogP contribution in [0.15, 0.2) is 54.6 Å². The van der Waals surface area contributed by atoms with Crippen LogP contribution in [0.2, 0.25) is 0 Å². The number of ether oxygens (including phenoxy) is 1. The van der Waals surface area contributed by atoms with Crippen molar-refractivity contribution in [1.82, 2.24) is 5.32 Å². The molecule has 0 saturated carbocycles. The number of para-hydroxylation sites is 1. The Labute approximate surface area is 165 Å². The summed E-state index contributed by atoms with van der Waals surface area (Å²) in [5, 5.41) is 8.85. The lowest BCUT2D eigenvalue weighted by Crippen LogP contribution is -2.48. The second-order valence-electron chi connectivity index (χ2n) is 6.43. The van der Waals surface area contributed by atoms with Gasteiger partial charge in [0.15, 0.2) is 6.61 Å². The van der Waals surface area contributed by atoms with E-state index in [9.17, 15) is 9.59 Å². The molecule has 3 N–H and O–H groups in total. The first kappa shape index (κ1) is 20.7. The highest BCUT2D eigenvalue weighted by Crippen LogP contribution is 2.21. The van der Waals surface area contributed by atoms with Crippen LogP contribution in [0.25, 0.3) is 0 Å². The number of amides is 2. The Hall–Kier alpha value is -2.57. The fraction of sp³-hybridized carbons (Fsp3) is 0.300. The predicted molar refractivity (Wildman–Crippen MR) is 108 cm³/mol. The Bertz CT molecular complexity index is 766. The first-order valence-corrected chi connectivity index (χ1v) is 8.71. The largest absolute Gasteiger partial charge is 0.484 e. The zero-order valence-electron chi connectivity index (χ0n) is 15.1. The molecule has 1 unspecified atom stereocenters. The highest BCUT2D eigenvalue weighted by Gasteiger charge is 2.28. The second kappa shape index (κ2) is 9.94. The van der Waals surface area contributed by atoms with Crippen molar-refractivity contribution in [2.24, 2.45) is 11.8 Å². The van der Waals surface area contributed by atoms with E-state index in [1.807, 2.05) is 37.3 Å². The maximum absolute atomic E-state index is 12.3. The molecule has 144 valence electrons. The Kier molecular flexibility index (Phi) is 7.64. The standard InChI is InChI=1S/C20H23N3O3.ClH/c1-14(15-11-21-12-15)20(25)23-17-8-5-9-18(10-17)26-13-19(24)22-16-6-3-2-4-7-16;/h2-10,14-15,21H,11-13H2,1H3,(H,22,24)(H,23,25);1H. The highest BCUT2D eigenvalue weighted by molar-refractivity contribution is 5.93. The van der Waals surface area contributed by atoms with Gasteiger partial charge in [0.05, 0.1) is 0 Å². The molecule has 3 rings (SSSR count). The summed E-state index contributed by atoms with van der Waals surface area (Å²) in [6.07, 6.45) is 0. The average Bonchev–Trinajstić information content (AvgIpc) is 2.59. The van der Waals surface area contributed by atoms with E-state index >= 15 is 0 Å². The van der Waals surface area contributed by atoms with Crippen molar-refractivity contribution in [3.63, 3.8) is 0 Å². The fourth-order valence-electron chi connectivity index (χ4n) is 2.67. The lowest BCUT2D eigenvalue weighted by atomic mass is 9.88. The zero-order chi connectivity index (χ0) is 18.4. The Balaban J connectivity index is 0.00000261. The van der Waals surface area contributed by atoms with Crippen LogP contribution in [-0.4, -0.2) is 31.5 Å². The lowest BCUT2D eigenvalue weighted by molar-refractivity contribution is -0.121. The van der Waals surface area contributed by atoms with Gasteiger partial charge in [0.1, 0.15) is 5.75 Å². The number of rotatable bonds is 7.